The quantitative estimate of drug-likeness (QED) is 0.732. The van der Waals surface area contributed by atoms with Crippen molar-refractivity contribution in [3.05, 3.63) is 59.7 Å². The first kappa shape index (κ1) is 18.6. The molecule has 0 aliphatic rings. The van der Waals surface area contributed by atoms with Crippen LogP contribution in [0.2, 0.25) is 0 Å². The first-order valence-electron chi connectivity index (χ1n) is 8.38. The number of methoxy groups -OCH3 is 2. The second-order valence-corrected chi connectivity index (χ2v) is 5.86. The Morgan fingerprint density at radius 3 is 2.44 bits per heavy atom. The van der Waals surface area contributed by atoms with Crippen LogP contribution in [0.3, 0.4) is 0 Å². The third kappa shape index (κ3) is 5.11. The summed E-state index contributed by atoms with van der Waals surface area (Å²) in [7, 11) is 3.20. The summed E-state index contributed by atoms with van der Waals surface area (Å²) in [6, 6.07) is 13.4. The van der Waals surface area contributed by atoms with E-state index in [1.165, 1.54) is 11.6 Å². The predicted molar refractivity (Wildman–Crippen MR) is 102 cm³/mol. The molecule has 0 saturated heterocycles. The van der Waals surface area contributed by atoms with Gasteiger partial charge in [0.2, 0.25) is 5.91 Å². The number of nitrogens with one attached hydrogen (secondary N) is 1. The van der Waals surface area contributed by atoms with E-state index in [2.05, 4.69) is 31.3 Å². The lowest BCUT2D eigenvalue weighted by atomic mass is 9.99. The molecule has 2 aromatic rings. The molecule has 0 radical (unpaired) electrons. The van der Waals surface area contributed by atoms with Gasteiger partial charge in [0.1, 0.15) is 11.5 Å². The van der Waals surface area contributed by atoms with Crippen molar-refractivity contribution >= 4 is 17.7 Å². The van der Waals surface area contributed by atoms with E-state index in [9.17, 15) is 4.79 Å². The van der Waals surface area contributed by atoms with Crippen molar-refractivity contribution in [1.29, 1.82) is 0 Å². The highest BCUT2D eigenvalue weighted by atomic mass is 16.5. The Morgan fingerprint density at radius 2 is 1.84 bits per heavy atom. The number of ether oxygens (including phenoxy) is 2. The molecule has 4 heteroatoms. The summed E-state index contributed by atoms with van der Waals surface area (Å²) in [4.78, 5) is 12.1. The third-order valence-corrected chi connectivity index (χ3v) is 4.21. The van der Waals surface area contributed by atoms with Gasteiger partial charge >= 0.3 is 0 Å². The van der Waals surface area contributed by atoms with Crippen LogP contribution < -0.4 is 14.8 Å². The molecular formula is C21H25NO3. The molecule has 25 heavy (non-hydrogen) atoms. The standard InChI is InChI=1S/C21H25NO3/c1-5-15(2)16-6-9-18(10-7-16)22-21(23)13-8-17-14-19(24-3)11-12-20(17)25-4/h6-15H,5H2,1-4H3,(H,22,23)/b13-8+/t15-/m1/s1. The minimum absolute atomic E-state index is 0.193. The van der Waals surface area contributed by atoms with E-state index in [-0.39, 0.29) is 5.91 Å². The van der Waals surface area contributed by atoms with Crippen LogP contribution in [-0.4, -0.2) is 20.1 Å². The summed E-state index contributed by atoms with van der Waals surface area (Å²) < 4.78 is 10.5. The van der Waals surface area contributed by atoms with E-state index in [1.807, 2.05) is 30.3 Å². The van der Waals surface area contributed by atoms with Crippen molar-refractivity contribution in [3.8, 4) is 11.5 Å². The zero-order valence-corrected chi connectivity index (χ0v) is 15.2. The Kier molecular flexibility index (Phi) is 6.63. The van der Waals surface area contributed by atoms with Gasteiger partial charge in [0, 0.05) is 17.3 Å². The highest BCUT2D eigenvalue weighted by Gasteiger charge is 2.05. The fraction of sp³-hybridized carbons (Fsp3) is 0.286. The molecule has 0 saturated carbocycles. The number of anilines is 1. The van der Waals surface area contributed by atoms with Crippen LogP contribution in [-0.2, 0) is 4.79 Å². The third-order valence-electron chi connectivity index (χ3n) is 4.21. The van der Waals surface area contributed by atoms with E-state index in [0.717, 1.165) is 17.7 Å². The summed E-state index contributed by atoms with van der Waals surface area (Å²) in [5, 5.41) is 2.86. The first-order chi connectivity index (χ1) is 12.1. The Hall–Kier alpha value is -2.75. The van der Waals surface area contributed by atoms with Crippen LogP contribution >= 0.6 is 0 Å². The number of amides is 1. The van der Waals surface area contributed by atoms with Crippen LogP contribution in [0, 0.1) is 0 Å². The molecule has 0 aliphatic heterocycles. The maximum atomic E-state index is 12.1. The lowest BCUT2D eigenvalue weighted by Crippen LogP contribution is -2.07. The van der Waals surface area contributed by atoms with Crippen LogP contribution in [0.15, 0.2) is 48.5 Å². The first-order valence-corrected chi connectivity index (χ1v) is 8.38. The molecule has 0 bridgehead atoms. The van der Waals surface area contributed by atoms with Gasteiger partial charge in [-0.3, -0.25) is 4.79 Å². The Morgan fingerprint density at radius 1 is 1.12 bits per heavy atom. The van der Waals surface area contributed by atoms with Gasteiger partial charge in [-0.2, -0.15) is 0 Å². The molecule has 0 aromatic heterocycles. The topological polar surface area (TPSA) is 47.6 Å². The Bertz CT molecular complexity index is 735. The molecule has 4 nitrogen and oxygen atoms in total. The van der Waals surface area contributed by atoms with E-state index in [4.69, 9.17) is 9.47 Å². The van der Waals surface area contributed by atoms with Gasteiger partial charge < -0.3 is 14.8 Å². The maximum absolute atomic E-state index is 12.1. The van der Waals surface area contributed by atoms with Gasteiger partial charge in [-0.05, 0) is 54.3 Å². The van der Waals surface area contributed by atoms with Crippen LogP contribution in [0.5, 0.6) is 11.5 Å². The molecule has 132 valence electrons. The van der Waals surface area contributed by atoms with Crippen molar-refractivity contribution in [2.24, 2.45) is 0 Å². The minimum atomic E-state index is -0.193. The zero-order valence-electron chi connectivity index (χ0n) is 15.2. The molecule has 0 aliphatic carbocycles. The molecule has 2 aromatic carbocycles. The van der Waals surface area contributed by atoms with Gasteiger partial charge in [0.15, 0.2) is 0 Å². The van der Waals surface area contributed by atoms with E-state index in [1.54, 1.807) is 20.3 Å². The fourth-order valence-electron chi connectivity index (χ4n) is 2.45. The number of carbonyl (C=O) groups is 1. The molecule has 1 amide bonds. The normalized spacial score (nSPS) is 12.0. The summed E-state index contributed by atoms with van der Waals surface area (Å²) in [5.41, 5.74) is 2.83. The highest BCUT2D eigenvalue weighted by Crippen LogP contribution is 2.25. The van der Waals surface area contributed by atoms with E-state index < -0.39 is 0 Å². The average Bonchev–Trinajstić information content (AvgIpc) is 2.66. The lowest BCUT2D eigenvalue weighted by molar-refractivity contribution is -0.111. The van der Waals surface area contributed by atoms with E-state index >= 15 is 0 Å². The maximum Gasteiger partial charge on any atom is 0.248 e. The van der Waals surface area contributed by atoms with Crippen LogP contribution in [0.1, 0.15) is 37.3 Å². The molecule has 0 heterocycles. The second kappa shape index (κ2) is 8.92. The molecule has 1 atom stereocenters. The highest BCUT2D eigenvalue weighted by molar-refractivity contribution is 6.02. The summed E-state index contributed by atoms with van der Waals surface area (Å²) in [6.45, 7) is 4.36. The van der Waals surface area contributed by atoms with Crippen molar-refractivity contribution < 1.29 is 14.3 Å². The van der Waals surface area contributed by atoms with E-state index in [0.29, 0.717) is 17.4 Å². The molecule has 1 N–H and O–H groups in total. The van der Waals surface area contributed by atoms with Crippen LogP contribution in [0.25, 0.3) is 6.08 Å². The number of hydrogen-bond acceptors (Lipinski definition) is 3. The fourth-order valence-corrected chi connectivity index (χ4v) is 2.45. The van der Waals surface area contributed by atoms with Gasteiger partial charge in [-0.1, -0.05) is 26.0 Å². The largest absolute Gasteiger partial charge is 0.497 e. The van der Waals surface area contributed by atoms with Gasteiger partial charge in [0.25, 0.3) is 0 Å². The summed E-state index contributed by atoms with van der Waals surface area (Å²) in [6.07, 6.45) is 4.29. The van der Waals surface area contributed by atoms with Crippen molar-refractivity contribution in [3.63, 3.8) is 0 Å². The molecular weight excluding hydrogens is 314 g/mol. The number of hydrogen-bond donors (Lipinski definition) is 1. The van der Waals surface area contributed by atoms with Crippen LogP contribution in [0.4, 0.5) is 5.69 Å². The zero-order chi connectivity index (χ0) is 18.2. The van der Waals surface area contributed by atoms with Gasteiger partial charge in [-0.25, -0.2) is 0 Å². The lowest BCUT2D eigenvalue weighted by Gasteiger charge is -2.10. The molecule has 0 unspecified atom stereocenters. The SMILES string of the molecule is CC[C@@H](C)c1ccc(NC(=O)/C=C/c2cc(OC)ccc2OC)cc1. The molecule has 0 spiro atoms. The van der Waals surface area contributed by atoms with Crippen molar-refractivity contribution in [1.82, 2.24) is 0 Å². The van der Waals surface area contributed by atoms with Crippen molar-refractivity contribution in [2.75, 3.05) is 19.5 Å². The summed E-state index contributed by atoms with van der Waals surface area (Å²) in [5.74, 6) is 1.72. The smallest absolute Gasteiger partial charge is 0.248 e. The molecule has 2 rings (SSSR count). The Labute approximate surface area is 149 Å². The Balaban J connectivity index is 2.06. The van der Waals surface area contributed by atoms with Gasteiger partial charge in [0.05, 0.1) is 14.2 Å². The monoisotopic (exact) mass is 339 g/mol. The predicted octanol–water partition coefficient (Wildman–Crippen LogP) is 4.87. The average molecular weight is 339 g/mol. The number of rotatable bonds is 7. The molecule has 0 fully saturated rings. The second-order valence-electron chi connectivity index (χ2n) is 5.86. The summed E-state index contributed by atoms with van der Waals surface area (Å²) >= 11 is 0. The van der Waals surface area contributed by atoms with Gasteiger partial charge in [-0.15, -0.1) is 0 Å². The number of carbonyl (C=O) groups excluding carboxylic acids is 1. The van der Waals surface area contributed by atoms with Crippen molar-refractivity contribution in [2.45, 2.75) is 26.2 Å². The number of benzene rings is 2. The minimum Gasteiger partial charge on any atom is -0.497 e.